The molecule has 2 atom stereocenters. The summed E-state index contributed by atoms with van der Waals surface area (Å²) >= 11 is 3.50. The average molecular weight is 335 g/mol. The van der Waals surface area contributed by atoms with E-state index in [2.05, 4.69) is 28.9 Å². The minimum Gasteiger partial charge on any atom is -0.490 e. The van der Waals surface area contributed by atoms with Crippen LogP contribution < -0.4 is 4.74 Å². The van der Waals surface area contributed by atoms with E-state index in [0.717, 1.165) is 28.6 Å². The molecule has 2 aromatic carbocycles. The molecular weight excluding hydrogens is 319 g/mol. The summed E-state index contributed by atoms with van der Waals surface area (Å²) in [4.78, 5) is 0. The number of hydrogen-bond donors (Lipinski definition) is 0. The van der Waals surface area contributed by atoms with Gasteiger partial charge in [0, 0.05) is 10.9 Å². The molecule has 1 aliphatic heterocycles. The number of halogens is 2. The van der Waals surface area contributed by atoms with Crippen LogP contribution in [-0.2, 0) is 6.42 Å². The smallest absolute Gasteiger partial charge is 0.123 e. The topological polar surface area (TPSA) is 9.23 Å². The Labute approximate surface area is 126 Å². The lowest BCUT2D eigenvalue weighted by Gasteiger charge is -2.30. The van der Waals surface area contributed by atoms with Crippen LogP contribution in [0.1, 0.15) is 30.4 Å². The maximum Gasteiger partial charge on any atom is 0.123 e. The summed E-state index contributed by atoms with van der Waals surface area (Å²) in [6.07, 6.45) is 1.96. The van der Waals surface area contributed by atoms with Crippen molar-refractivity contribution in [3.63, 3.8) is 0 Å². The number of ether oxygens (including phenoxy) is 1. The number of fused-ring (bicyclic) bond motifs is 1. The lowest BCUT2D eigenvalue weighted by atomic mass is 9.89. The van der Waals surface area contributed by atoms with Crippen molar-refractivity contribution in [1.82, 2.24) is 0 Å². The van der Waals surface area contributed by atoms with Gasteiger partial charge in [0.25, 0.3) is 0 Å². The molecule has 0 fully saturated rings. The maximum atomic E-state index is 12.9. The van der Waals surface area contributed by atoms with Gasteiger partial charge < -0.3 is 4.74 Å². The zero-order valence-corrected chi connectivity index (χ0v) is 12.9. The summed E-state index contributed by atoms with van der Waals surface area (Å²) in [5, 5.41) is 0. The van der Waals surface area contributed by atoms with E-state index >= 15 is 0 Å². The van der Waals surface area contributed by atoms with E-state index in [1.54, 1.807) is 0 Å². The van der Waals surface area contributed by atoms with Gasteiger partial charge in [0.2, 0.25) is 0 Å². The van der Waals surface area contributed by atoms with Gasteiger partial charge in [0.05, 0.1) is 0 Å². The van der Waals surface area contributed by atoms with Crippen molar-refractivity contribution in [2.75, 3.05) is 0 Å². The largest absolute Gasteiger partial charge is 0.490 e. The van der Waals surface area contributed by atoms with Gasteiger partial charge in [-0.1, -0.05) is 35.0 Å². The SMILES string of the molecule is C[C@@H]1C[C@H](Cc2ccc(F)cc2)Oc2ccc(Br)cc21. The molecule has 1 aliphatic rings. The highest BCUT2D eigenvalue weighted by Crippen LogP contribution is 2.38. The third-order valence-electron chi connectivity index (χ3n) is 3.79. The van der Waals surface area contributed by atoms with Crippen molar-refractivity contribution in [3.05, 3.63) is 63.9 Å². The molecule has 3 rings (SSSR count). The first kappa shape index (κ1) is 13.6. The molecule has 0 aromatic heterocycles. The van der Waals surface area contributed by atoms with Gasteiger partial charge in [-0.3, -0.25) is 0 Å². The second kappa shape index (κ2) is 5.57. The zero-order valence-electron chi connectivity index (χ0n) is 11.3. The summed E-state index contributed by atoms with van der Waals surface area (Å²) in [6, 6.07) is 12.8. The summed E-state index contributed by atoms with van der Waals surface area (Å²) in [5.74, 6) is 1.25. The van der Waals surface area contributed by atoms with E-state index in [4.69, 9.17) is 4.74 Å². The predicted molar refractivity (Wildman–Crippen MR) is 81.7 cm³/mol. The Kier molecular flexibility index (Phi) is 3.79. The van der Waals surface area contributed by atoms with Crippen molar-refractivity contribution in [2.45, 2.75) is 31.8 Å². The molecule has 0 spiro atoms. The Morgan fingerprint density at radius 1 is 1.20 bits per heavy atom. The van der Waals surface area contributed by atoms with Gasteiger partial charge in [-0.15, -0.1) is 0 Å². The predicted octanol–water partition coefficient (Wildman–Crippen LogP) is 5.09. The molecule has 0 unspecified atom stereocenters. The van der Waals surface area contributed by atoms with Gasteiger partial charge in [-0.2, -0.15) is 0 Å². The van der Waals surface area contributed by atoms with E-state index in [0.29, 0.717) is 5.92 Å². The zero-order chi connectivity index (χ0) is 14.1. The molecule has 0 aliphatic carbocycles. The van der Waals surface area contributed by atoms with Crippen molar-refractivity contribution in [3.8, 4) is 5.75 Å². The molecule has 0 N–H and O–H groups in total. The lowest BCUT2D eigenvalue weighted by Crippen LogP contribution is -2.26. The van der Waals surface area contributed by atoms with Gasteiger partial charge in [-0.25, -0.2) is 4.39 Å². The molecule has 0 radical (unpaired) electrons. The normalized spacial score (nSPS) is 21.1. The van der Waals surface area contributed by atoms with Gasteiger partial charge in [0.1, 0.15) is 17.7 Å². The monoisotopic (exact) mass is 334 g/mol. The molecule has 1 nitrogen and oxygen atoms in total. The number of hydrogen-bond acceptors (Lipinski definition) is 1. The summed E-state index contributed by atoms with van der Waals surface area (Å²) in [7, 11) is 0. The first-order valence-electron chi connectivity index (χ1n) is 6.82. The van der Waals surface area contributed by atoms with Gasteiger partial charge in [-0.05, 0) is 53.8 Å². The molecule has 1 heterocycles. The summed E-state index contributed by atoms with van der Waals surface area (Å²) in [5.41, 5.74) is 2.37. The van der Waals surface area contributed by atoms with Crippen LogP contribution in [0.4, 0.5) is 4.39 Å². The second-order valence-electron chi connectivity index (χ2n) is 5.39. The fourth-order valence-corrected chi connectivity index (χ4v) is 3.15. The third-order valence-corrected chi connectivity index (χ3v) is 4.28. The van der Waals surface area contributed by atoms with Crippen LogP contribution in [0.25, 0.3) is 0 Å². The quantitative estimate of drug-likeness (QED) is 0.743. The highest BCUT2D eigenvalue weighted by atomic mass is 79.9. The maximum absolute atomic E-state index is 12.9. The number of rotatable bonds is 2. The molecule has 104 valence electrons. The molecule has 3 heteroatoms. The number of benzene rings is 2. The third kappa shape index (κ3) is 2.88. The van der Waals surface area contributed by atoms with Crippen molar-refractivity contribution in [1.29, 1.82) is 0 Å². The Morgan fingerprint density at radius 2 is 1.95 bits per heavy atom. The van der Waals surface area contributed by atoms with E-state index < -0.39 is 0 Å². The standard InChI is InChI=1S/C17H16BrFO/c1-11-8-15(9-12-2-5-14(19)6-3-12)20-17-7-4-13(18)10-16(11)17/h2-7,10-11,15H,8-9H2,1H3/t11-,15-/m1/s1. The van der Waals surface area contributed by atoms with Gasteiger partial charge in [0.15, 0.2) is 0 Å². The first-order chi connectivity index (χ1) is 9.61. The van der Waals surface area contributed by atoms with E-state index in [9.17, 15) is 4.39 Å². The van der Waals surface area contributed by atoms with E-state index in [1.807, 2.05) is 24.3 Å². The van der Waals surface area contributed by atoms with Crippen LogP contribution in [0.2, 0.25) is 0 Å². The van der Waals surface area contributed by atoms with E-state index in [-0.39, 0.29) is 11.9 Å². The molecule has 2 aromatic rings. The second-order valence-corrected chi connectivity index (χ2v) is 6.31. The lowest BCUT2D eigenvalue weighted by molar-refractivity contribution is 0.161. The Balaban J connectivity index is 1.77. The van der Waals surface area contributed by atoms with Crippen LogP contribution in [0.5, 0.6) is 5.75 Å². The minimum atomic E-state index is -0.193. The Bertz CT molecular complexity index is 609. The Morgan fingerprint density at radius 3 is 2.70 bits per heavy atom. The Hall–Kier alpha value is -1.35. The molecule has 0 amide bonds. The van der Waals surface area contributed by atoms with Crippen LogP contribution in [0.3, 0.4) is 0 Å². The van der Waals surface area contributed by atoms with Gasteiger partial charge >= 0.3 is 0 Å². The summed E-state index contributed by atoms with van der Waals surface area (Å²) in [6.45, 7) is 2.23. The highest BCUT2D eigenvalue weighted by molar-refractivity contribution is 9.10. The molecule has 0 bridgehead atoms. The van der Waals surface area contributed by atoms with Crippen molar-refractivity contribution in [2.24, 2.45) is 0 Å². The average Bonchev–Trinajstić information content (AvgIpc) is 2.42. The summed E-state index contributed by atoms with van der Waals surface area (Å²) < 4.78 is 20.1. The fraction of sp³-hybridized carbons (Fsp3) is 0.294. The first-order valence-corrected chi connectivity index (χ1v) is 7.61. The molecular formula is C17H16BrFO. The highest BCUT2D eigenvalue weighted by Gasteiger charge is 2.25. The van der Waals surface area contributed by atoms with Crippen molar-refractivity contribution < 1.29 is 9.13 Å². The molecule has 0 saturated carbocycles. The van der Waals surface area contributed by atoms with Crippen LogP contribution >= 0.6 is 15.9 Å². The minimum absolute atomic E-state index is 0.157. The van der Waals surface area contributed by atoms with Crippen molar-refractivity contribution >= 4 is 15.9 Å². The van der Waals surface area contributed by atoms with Crippen LogP contribution in [0, 0.1) is 5.82 Å². The van der Waals surface area contributed by atoms with E-state index in [1.165, 1.54) is 17.7 Å². The van der Waals surface area contributed by atoms with Crippen LogP contribution in [0.15, 0.2) is 46.9 Å². The molecule has 0 saturated heterocycles. The molecule has 20 heavy (non-hydrogen) atoms. The fourth-order valence-electron chi connectivity index (χ4n) is 2.77. The van der Waals surface area contributed by atoms with Crippen LogP contribution in [-0.4, -0.2) is 6.10 Å².